The van der Waals surface area contributed by atoms with Crippen LogP contribution in [0, 0.1) is 5.82 Å². The monoisotopic (exact) mass is 260 g/mol. The van der Waals surface area contributed by atoms with Gasteiger partial charge in [-0.2, -0.15) is 0 Å². The Bertz CT molecular complexity index is 330. The van der Waals surface area contributed by atoms with Crippen LogP contribution < -0.4 is 11.1 Å². The van der Waals surface area contributed by atoms with Gasteiger partial charge in [-0.05, 0) is 37.1 Å². The second-order valence-electron chi connectivity index (χ2n) is 3.65. The summed E-state index contributed by atoms with van der Waals surface area (Å²) in [5.41, 5.74) is 6.15. The number of nitrogens with one attached hydrogen (secondary N) is 1. The summed E-state index contributed by atoms with van der Waals surface area (Å²) in [4.78, 5) is 11.4. The number of carbonyl (C=O) groups is 1. The third kappa shape index (κ3) is 6.92. The van der Waals surface area contributed by atoms with Gasteiger partial charge in [0, 0.05) is 6.54 Å². The second-order valence-corrected chi connectivity index (χ2v) is 3.65. The molecule has 0 aliphatic rings. The van der Waals surface area contributed by atoms with Crippen molar-refractivity contribution in [3.8, 4) is 0 Å². The van der Waals surface area contributed by atoms with E-state index in [1.54, 1.807) is 12.1 Å². The molecule has 0 fully saturated rings. The Morgan fingerprint density at radius 3 is 2.47 bits per heavy atom. The normalized spacial score (nSPS) is 9.53. The predicted octanol–water partition coefficient (Wildman–Crippen LogP) is 1.65. The standard InChI is InChI=1S/C12H17FN2O.ClH/c13-11-5-3-10(4-6-11)9-12(16)15-8-2-1-7-14;/h3-6H,1-2,7-9,14H2,(H,15,16);1H. The summed E-state index contributed by atoms with van der Waals surface area (Å²) in [6.45, 7) is 1.30. The first kappa shape index (κ1) is 15.9. The molecule has 0 atom stereocenters. The second kappa shape index (κ2) is 8.96. The molecule has 0 spiro atoms. The number of unbranched alkanes of at least 4 members (excludes halogenated alkanes) is 1. The number of amides is 1. The minimum atomic E-state index is -0.285. The highest BCUT2D eigenvalue weighted by Crippen LogP contribution is 2.03. The molecular weight excluding hydrogens is 243 g/mol. The van der Waals surface area contributed by atoms with Crippen LogP contribution in [0.25, 0.3) is 0 Å². The summed E-state index contributed by atoms with van der Waals surface area (Å²) in [5, 5.41) is 2.79. The van der Waals surface area contributed by atoms with Crippen molar-refractivity contribution in [3.05, 3.63) is 35.6 Å². The van der Waals surface area contributed by atoms with Crippen molar-refractivity contribution in [3.63, 3.8) is 0 Å². The van der Waals surface area contributed by atoms with Crippen molar-refractivity contribution >= 4 is 18.3 Å². The van der Waals surface area contributed by atoms with E-state index < -0.39 is 0 Å². The average molecular weight is 261 g/mol. The topological polar surface area (TPSA) is 55.1 Å². The van der Waals surface area contributed by atoms with Gasteiger partial charge in [-0.3, -0.25) is 4.79 Å². The van der Waals surface area contributed by atoms with Gasteiger partial charge >= 0.3 is 0 Å². The minimum Gasteiger partial charge on any atom is -0.356 e. The number of hydrogen-bond acceptors (Lipinski definition) is 2. The van der Waals surface area contributed by atoms with Gasteiger partial charge in [0.05, 0.1) is 6.42 Å². The molecule has 0 radical (unpaired) electrons. The lowest BCUT2D eigenvalue weighted by atomic mass is 10.1. The molecule has 1 amide bonds. The molecule has 0 aliphatic heterocycles. The predicted molar refractivity (Wildman–Crippen MR) is 68.7 cm³/mol. The van der Waals surface area contributed by atoms with Crippen LogP contribution in [-0.2, 0) is 11.2 Å². The number of halogens is 2. The molecule has 1 aromatic rings. The molecule has 96 valence electrons. The van der Waals surface area contributed by atoms with Gasteiger partial charge in [-0.15, -0.1) is 12.4 Å². The van der Waals surface area contributed by atoms with E-state index in [4.69, 9.17) is 5.73 Å². The highest BCUT2D eigenvalue weighted by molar-refractivity contribution is 5.85. The number of carbonyl (C=O) groups excluding carboxylic acids is 1. The maximum Gasteiger partial charge on any atom is 0.224 e. The molecule has 0 bridgehead atoms. The summed E-state index contributed by atoms with van der Waals surface area (Å²) in [6, 6.07) is 5.96. The smallest absolute Gasteiger partial charge is 0.224 e. The van der Waals surface area contributed by atoms with Crippen LogP contribution >= 0.6 is 12.4 Å². The minimum absolute atomic E-state index is 0. The van der Waals surface area contributed by atoms with Crippen molar-refractivity contribution in [1.29, 1.82) is 0 Å². The zero-order valence-electron chi connectivity index (χ0n) is 9.62. The van der Waals surface area contributed by atoms with Gasteiger partial charge in [-0.25, -0.2) is 4.39 Å². The van der Waals surface area contributed by atoms with Crippen molar-refractivity contribution in [2.45, 2.75) is 19.3 Å². The molecule has 0 aliphatic carbocycles. The molecule has 0 saturated heterocycles. The third-order valence-electron chi connectivity index (χ3n) is 2.23. The van der Waals surface area contributed by atoms with Gasteiger partial charge in [0.25, 0.3) is 0 Å². The van der Waals surface area contributed by atoms with Gasteiger partial charge < -0.3 is 11.1 Å². The summed E-state index contributed by atoms with van der Waals surface area (Å²) in [7, 11) is 0. The van der Waals surface area contributed by atoms with Gasteiger partial charge in [-0.1, -0.05) is 12.1 Å². The van der Waals surface area contributed by atoms with Crippen LogP contribution in [0.2, 0.25) is 0 Å². The summed E-state index contributed by atoms with van der Waals surface area (Å²) >= 11 is 0. The lowest BCUT2D eigenvalue weighted by molar-refractivity contribution is -0.120. The molecule has 17 heavy (non-hydrogen) atoms. The SMILES string of the molecule is Cl.NCCCCNC(=O)Cc1ccc(F)cc1. The molecule has 0 aromatic heterocycles. The molecule has 0 saturated carbocycles. The fraction of sp³-hybridized carbons (Fsp3) is 0.417. The number of benzene rings is 1. The zero-order chi connectivity index (χ0) is 11.8. The molecule has 0 heterocycles. The first-order valence-corrected chi connectivity index (χ1v) is 5.43. The van der Waals surface area contributed by atoms with E-state index in [2.05, 4.69) is 5.32 Å². The quantitative estimate of drug-likeness (QED) is 0.764. The Hall–Kier alpha value is -1.13. The highest BCUT2D eigenvalue weighted by atomic mass is 35.5. The summed E-state index contributed by atoms with van der Waals surface area (Å²) < 4.78 is 12.6. The van der Waals surface area contributed by atoms with Crippen molar-refractivity contribution < 1.29 is 9.18 Å². The Morgan fingerprint density at radius 1 is 1.24 bits per heavy atom. The Kier molecular flexibility index (Phi) is 8.36. The van der Waals surface area contributed by atoms with Crippen LogP contribution in [0.3, 0.4) is 0 Å². The number of rotatable bonds is 6. The average Bonchev–Trinajstić information content (AvgIpc) is 2.28. The van der Waals surface area contributed by atoms with E-state index in [1.165, 1.54) is 12.1 Å². The lowest BCUT2D eigenvalue weighted by Gasteiger charge is -2.04. The summed E-state index contributed by atoms with van der Waals surface area (Å²) in [5.74, 6) is -0.323. The van der Waals surface area contributed by atoms with Crippen LogP contribution in [0.15, 0.2) is 24.3 Å². The zero-order valence-corrected chi connectivity index (χ0v) is 10.4. The van der Waals surface area contributed by atoms with Crippen molar-refractivity contribution in [1.82, 2.24) is 5.32 Å². The molecule has 5 heteroatoms. The van der Waals surface area contributed by atoms with E-state index in [9.17, 15) is 9.18 Å². The van der Waals surface area contributed by atoms with Crippen LogP contribution in [-0.4, -0.2) is 19.0 Å². The molecule has 3 N–H and O–H groups in total. The Labute approximate surface area is 107 Å². The van der Waals surface area contributed by atoms with E-state index in [1.807, 2.05) is 0 Å². The molecular formula is C12H18ClFN2O. The number of hydrogen-bond donors (Lipinski definition) is 2. The fourth-order valence-electron chi connectivity index (χ4n) is 1.35. The first-order valence-electron chi connectivity index (χ1n) is 5.43. The van der Waals surface area contributed by atoms with Crippen molar-refractivity contribution in [2.24, 2.45) is 5.73 Å². The van der Waals surface area contributed by atoms with Gasteiger partial charge in [0.1, 0.15) is 5.82 Å². The first-order chi connectivity index (χ1) is 7.72. The molecule has 1 aromatic carbocycles. The summed E-state index contributed by atoms with van der Waals surface area (Å²) in [6.07, 6.45) is 2.10. The maximum absolute atomic E-state index is 12.6. The third-order valence-corrected chi connectivity index (χ3v) is 2.23. The molecule has 0 unspecified atom stereocenters. The van der Waals surface area contributed by atoms with Crippen LogP contribution in [0.5, 0.6) is 0 Å². The van der Waals surface area contributed by atoms with Crippen LogP contribution in [0.1, 0.15) is 18.4 Å². The Balaban J connectivity index is 0.00000256. The Morgan fingerprint density at radius 2 is 1.88 bits per heavy atom. The maximum atomic E-state index is 12.6. The molecule has 1 rings (SSSR count). The highest BCUT2D eigenvalue weighted by Gasteiger charge is 2.02. The van der Waals surface area contributed by atoms with E-state index >= 15 is 0 Å². The van der Waals surface area contributed by atoms with E-state index in [0.29, 0.717) is 19.5 Å². The number of nitrogens with two attached hydrogens (primary N) is 1. The van der Waals surface area contributed by atoms with Crippen molar-refractivity contribution in [2.75, 3.05) is 13.1 Å². The van der Waals surface area contributed by atoms with E-state index in [-0.39, 0.29) is 24.1 Å². The van der Waals surface area contributed by atoms with Gasteiger partial charge in [0.2, 0.25) is 5.91 Å². The fourth-order valence-corrected chi connectivity index (χ4v) is 1.35. The van der Waals surface area contributed by atoms with Gasteiger partial charge in [0.15, 0.2) is 0 Å². The van der Waals surface area contributed by atoms with Crippen LogP contribution in [0.4, 0.5) is 4.39 Å². The lowest BCUT2D eigenvalue weighted by Crippen LogP contribution is -2.26. The van der Waals surface area contributed by atoms with E-state index in [0.717, 1.165) is 18.4 Å². The largest absolute Gasteiger partial charge is 0.356 e. The molecule has 3 nitrogen and oxygen atoms in total.